The summed E-state index contributed by atoms with van der Waals surface area (Å²) in [7, 11) is 0. The van der Waals surface area contributed by atoms with E-state index in [-0.39, 0.29) is 108 Å². The van der Waals surface area contributed by atoms with Gasteiger partial charge < -0.3 is 43.4 Å². The summed E-state index contributed by atoms with van der Waals surface area (Å²) >= 11 is 5.04. The van der Waals surface area contributed by atoms with E-state index >= 15 is 0 Å². The molecule has 1 saturated heterocycles. The molecule has 0 saturated carbocycles. The largest absolute Gasteiger partial charge is 1.00 e. The monoisotopic (exact) mass is 300 g/mol. The average molecular weight is 301 g/mol. The molecule has 6 nitrogen and oxygen atoms in total. The van der Waals surface area contributed by atoms with Crippen molar-refractivity contribution in [2.24, 2.45) is 0 Å². The van der Waals surface area contributed by atoms with Crippen LogP contribution in [0.4, 0.5) is 0 Å². The Morgan fingerprint density at radius 3 is 1.69 bits per heavy atom. The Balaban J connectivity index is -0.0000000239. The third-order valence-corrected chi connectivity index (χ3v) is 1.35. The quantitative estimate of drug-likeness (QED) is 0.270. The van der Waals surface area contributed by atoms with Crippen molar-refractivity contribution in [1.29, 1.82) is 0 Å². The van der Waals surface area contributed by atoms with Crippen molar-refractivity contribution in [2.45, 2.75) is 12.2 Å². The molecule has 1 aliphatic heterocycles. The molecule has 0 bridgehead atoms. The number of hydrogen-bond acceptors (Lipinski definition) is 5. The van der Waals surface area contributed by atoms with Crippen molar-refractivity contribution in [3.8, 4) is 0 Å². The zero-order valence-electron chi connectivity index (χ0n) is 9.44. The van der Waals surface area contributed by atoms with Gasteiger partial charge in [0.2, 0.25) is 0 Å². The van der Waals surface area contributed by atoms with Crippen molar-refractivity contribution in [3.05, 3.63) is 0 Å². The van der Waals surface area contributed by atoms with Gasteiger partial charge in [0.15, 0.2) is 0 Å². The smallest absolute Gasteiger partial charge is 1.00 e. The number of alkyl halides is 1. The topological polar surface area (TPSA) is 135 Å². The summed E-state index contributed by atoms with van der Waals surface area (Å²) in [4.78, 5) is 0. The van der Waals surface area contributed by atoms with Crippen molar-refractivity contribution in [2.75, 3.05) is 25.7 Å². The fraction of sp³-hybridized carbons (Fsp3) is 1.00. The van der Waals surface area contributed by atoms with Gasteiger partial charge in [-0.05, 0) is 0 Å². The van der Waals surface area contributed by atoms with Gasteiger partial charge in [0, 0.05) is 0 Å². The summed E-state index contributed by atoms with van der Waals surface area (Å²) < 4.78 is 4.61. The molecular formula is C6H16Cl2Na2O6. The van der Waals surface area contributed by atoms with Crippen molar-refractivity contribution < 1.29 is 103 Å². The van der Waals surface area contributed by atoms with Gasteiger partial charge in [0.25, 0.3) is 0 Å². The molecular weight excluding hydrogens is 285 g/mol. The maximum atomic E-state index is 8.28. The average Bonchev–Trinajstić information content (AvgIpc) is 2.86. The fourth-order valence-corrected chi connectivity index (χ4v) is 0.320. The molecule has 0 aromatic heterocycles. The van der Waals surface area contributed by atoms with E-state index in [0.29, 0.717) is 0 Å². The van der Waals surface area contributed by atoms with E-state index in [1.54, 1.807) is 0 Å². The van der Waals surface area contributed by atoms with Crippen LogP contribution in [0, 0.1) is 0 Å². The summed E-state index contributed by atoms with van der Waals surface area (Å²) in [6.07, 6.45) is -0.554. The first-order chi connectivity index (χ1) is 5.24. The predicted molar refractivity (Wildman–Crippen MR) is 46.2 cm³/mol. The molecule has 0 spiro atoms. The third kappa shape index (κ3) is 29.9. The van der Waals surface area contributed by atoms with Crippen molar-refractivity contribution in [3.63, 3.8) is 0 Å². The Morgan fingerprint density at radius 1 is 1.31 bits per heavy atom. The molecule has 1 heterocycles. The number of epoxide rings is 1. The number of hydrogen-bond donors (Lipinski definition) is 3. The van der Waals surface area contributed by atoms with Crippen LogP contribution >= 0.6 is 11.6 Å². The van der Waals surface area contributed by atoms with Gasteiger partial charge >= 0.3 is 59.1 Å². The first-order valence-corrected chi connectivity index (χ1v) is 3.85. The van der Waals surface area contributed by atoms with E-state index in [1.807, 2.05) is 0 Å². The van der Waals surface area contributed by atoms with Gasteiger partial charge in [0.1, 0.15) is 6.10 Å². The Labute approximate surface area is 150 Å². The second kappa shape index (κ2) is 26.0. The minimum absolute atomic E-state index is 0. The van der Waals surface area contributed by atoms with E-state index in [0.717, 1.165) is 6.61 Å². The summed E-state index contributed by atoms with van der Waals surface area (Å²) in [5, 5.41) is 24.4. The molecule has 1 rings (SSSR count). The first-order valence-electron chi connectivity index (χ1n) is 3.32. The van der Waals surface area contributed by atoms with Crippen LogP contribution in [0.25, 0.3) is 0 Å². The molecule has 6 N–H and O–H groups in total. The predicted octanol–water partition coefficient (Wildman–Crippen LogP) is -11.0. The van der Waals surface area contributed by atoms with Crippen LogP contribution in [-0.2, 0) is 4.74 Å². The second-order valence-electron chi connectivity index (χ2n) is 2.13. The Morgan fingerprint density at radius 2 is 1.69 bits per heavy atom. The number of aliphatic hydroxyl groups excluding tert-OH is 3. The molecule has 16 heavy (non-hydrogen) atoms. The van der Waals surface area contributed by atoms with Gasteiger partial charge in [-0.1, -0.05) is 0 Å². The van der Waals surface area contributed by atoms with Crippen LogP contribution < -0.4 is 71.5 Å². The third-order valence-electron chi connectivity index (χ3n) is 0.995. The normalized spacial score (nSPS) is 16.1. The van der Waals surface area contributed by atoms with E-state index in [9.17, 15) is 0 Å². The molecule has 2 unspecified atom stereocenters. The van der Waals surface area contributed by atoms with Gasteiger partial charge in [-0.2, -0.15) is 0 Å². The maximum Gasteiger partial charge on any atom is 1.00 e. The van der Waals surface area contributed by atoms with Crippen LogP contribution in [-0.4, -0.2) is 64.2 Å². The summed E-state index contributed by atoms with van der Waals surface area (Å²) in [5.41, 5.74) is 0. The second-order valence-corrected chi connectivity index (χ2v) is 2.44. The maximum absolute atomic E-state index is 8.28. The molecule has 2 atom stereocenters. The summed E-state index contributed by atoms with van der Waals surface area (Å²) in [6.45, 7) is 0.708. The van der Waals surface area contributed by atoms with Crippen LogP contribution in [0.2, 0.25) is 0 Å². The van der Waals surface area contributed by atoms with Gasteiger partial charge in [0.05, 0.1) is 31.8 Å². The van der Waals surface area contributed by atoms with E-state index in [4.69, 9.17) is 26.9 Å². The van der Waals surface area contributed by atoms with Gasteiger partial charge in [-0.3, -0.25) is 0 Å². The number of halogens is 2. The molecule has 0 aromatic carbocycles. The fourth-order valence-electron chi connectivity index (χ4n) is 0.222. The number of ether oxygens (including phenoxy) is 1. The number of aliphatic hydroxyl groups is 3. The zero-order valence-corrected chi connectivity index (χ0v) is 14.9. The Bertz CT molecular complexity index is 97.1. The molecule has 1 aliphatic rings. The Hall–Kier alpha value is 2.34. The van der Waals surface area contributed by atoms with E-state index in [1.165, 1.54) is 0 Å². The minimum Gasteiger partial charge on any atom is -1.00 e. The SMILES string of the molecule is O.OCC(O)CCl.OCC1CO1.[Cl-].[Na+].[Na+].[OH-]. The standard InChI is InChI=1S/C3H7ClO2.C3H6O2.ClH.2Na.2H2O/c4-1-3(6)2-5;4-1-3-2-5-3;;;;;/h3,5-6H,1-2H2;3-4H,1-2H2;1H;;;2*1H2/q;;;2*+1;;/p-2. The van der Waals surface area contributed by atoms with Gasteiger partial charge in [-0.15, -0.1) is 11.6 Å². The molecule has 0 radical (unpaired) electrons. The van der Waals surface area contributed by atoms with Crippen LogP contribution in [0.3, 0.4) is 0 Å². The van der Waals surface area contributed by atoms with Crippen LogP contribution in [0.5, 0.6) is 0 Å². The minimum atomic E-state index is -0.744. The first kappa shape index (κ1) is 36.2. The van der Waals surface area contributed by atoms with Crippen molar-refractivity contribution >= 4 is 11.6 Å². The Kier molecular flexibility index (Phi) is 58.9. The van der Waals surface area contributed by atoms with E-state index in [2.05, 4.69) is 4.74 Å². The molecule has 0 aliphatic carbocycles. The van der Waals surface area contributed by atoms with Crippen LogP contribution in [0.1, 0.15) is 0 Å². The molecule has 92 valence electrons. The summed E-state index contributed by atoms with van der Waals surface area (Å²) in [5.74, 6) is 0.108. The van der Waals surface area contributed by atoms with E-state index < -0.39 is 6.10 Å². The van der Waals surface area contributed by atoms with Crippen LogP contribution in [0.15, 0.2) is 0 Å². The summed E-state index contributed by atoms with van der Waals surface area (Å²) in [6, 6.07) is 0. The zero-order chi connectivity index (χ0) is 8.69. The molecule has 1 fully saturated rings. The van der Waals surface area contributed by atoms with Gasteiger partial charge in [-0.25, -0.2) is 0 Å². The molecule has 10 heteroatoms. The molecule has 0 aromatic rings. The van der Waals surface area contributed by atoms with Crippen molar-refractivity contribution in [1.82, 2.24) is 0 Å². The number of rotatable bonds is 3. The molecule has 0 amide bonds.